The first-order chi connectivity index (χ1) is 15.4. The number of hydrogen-bond acceptors (Lipinski definition) is 6. The summed E-state index contributed by atoms with van der Waals surface area (Å²) in [7, 11) is 0. The monoisotopic (exact) mass is 442 g/mol. The van der Waals surface area contributed by atoms with E-state index in [1.807, 2.05) is 6.92 Å². The molecule has 9 heteroatoms. The van der Waals surface area contributed by atoms with E-state index in [0.717, 1.165) is 11.1 Å². The Labute approximate surface area is 184 Å². The lowest BCUT2D eigenvalue weighted by Gasteiger charge is -2.22. The van der Waals surface area contributed by atoms with Crippen LogP contribution < -0.4 is 11.3 Å². The first-order valence-electron chi connectivity index (χ1n) is 10.5. The van der Waals surface area contributed by atoms with Gasteiger partial charge in [-0.25, -0.2) is 4.39 Å². The molecule has 4 N–H and O–H groups in total. The normalized spacial score (nSPS) is 11.1. The van der Waals surface area contributed by atoms with E-state index in [-0.39, 0.29) is 23.4 Å². The Morgan fingerprint density at radius 3 is 2.69 bits per heavy atom. The smallest absolute Gasteiger partial charge is 0.265 e. The molecule has 32 heavy (non-hydrogen) atoms. The molecule has 0 aliphatic heterocycles. The van der Waals surface area contributed by atoms with Crippen molar-refractivity contribution in [3.8, 4) is 5.75 Å². The van der Waals surface area contributed by atoms with Gasteiger partial charge in [0.1, 0.15) is 16.9 Å². The predicted molar refractivity (Wildman–Crippen MR) is 119 cm³/mol. The summed E-state index contributed by atoms with van der Waals surface area (Å²) < 4.78 is 18.4. The maximum Gasteiger partial charge on any atom is 0.265 e. The molecule has 2 aromatic heterocycles. The summed E-state index contributed by atoms with van der Waals surface area (Å²) in [5.74, 6) is -1.38. The number of nitrogens with zero attached hydrogens (tertiary/aromatic N) is 2. The minimum absolute atomic E-state index is 0.124. The van der Waals surface area contributed by atoms with Gasteiger partial charge in [-0.1, -0.05) is 12.1 Å². The fourth-order valence-electron chi connectivity index (χ4n) is 3.41. The molecule has 0 aliphatic rings. The fraction of sp³-hybridized carbons (Fsp3) is 0.348. The third kappa shape index (κ3) is 5.49. The van der Waals surface area contributed by atoms with Gasteiger partial charge in [0.2, 0.25) is 0 Å². The molecule has 0 saturated carbocycles. The Morgan fingerprint density at radius 2 is 2.00 bits per heavy atom. The zero-order chi connectivity index (χ0) is 23.1. The molecule has 0 atom stereocenters. The molecule has 0 spiro atoms. The predicted octanol–water partition coefficient (Wildman–Crippen LogP) is 2.19. The molecular formula is C23H27FN4O4. The van der Waals surface area contributed by atoms with Crippen molar-refractivity contribution in [3.05, 3.63) is 69.4 Å². The lowest BCUT2D eigenvalue weighted by atomic mass is 10.1. The van der Waals surface area contributed by atoms with Gasteiger partial charge in [0.05, 0.1) is 12.1 Å². The first kappa shape index (κ1) is 23.4. The van der Waals surface area contributed by atoms with Crippen LogP contribution in [0.15, 0.2) is 41.3 Å². The van der Waals surface area contributed by atoms with Crippen LogP contribution in [0, 0.1) is 5.82 Å². The van der Waals surface area contributed by atoms with Crippen LogP contribution in [0.25, 0.3) is 11.0 Å². The van der Waals surface area contributed by atoms with Gasteiger partial charge < -0.3 is 25.5 Å². The number of amides is 1. The van der Waals surface area contributed by atoms with Crippen LogP contribution >= 0.6 is 0 Å². The highest BCUT2D eigenvalue weighted by atomic mass is 19.1. The molecular weight excluding hydrogens is 415 g/mol. The highest BCUT2D eigenvalue weighted by molar-refractivity contribution is 6.01. The van der Waals surface area contributed by atoms with Gasteiger partial charge in [-0.2, -0.15) is 0 Å². The van der Waals surface area contributed by atoms with Crippen LogP contribution in [0.2, 0.25) is 0 Å². The van der Waals surface area contributed by atoms with Crippen molar-refractivity contribution in [2.45, 2.75) is 19.8 Å². The summed E-state index contributed by atoms with van der Waals surface area (Å²) in [6.45, 7) is 3.66. The Kier molecular flexibility index (Phi) is 7.91. The molecule has 170 valence electrons. The number of aromatic amines is 1. The summed E-state index contributed by atoms with van der Waals surface area (Å²) in [6.07, 6.45) is 2.57. The number of halogens is 1. The van der Waals surface area contributed by atoms with E-state index in [1.165, 1.54) is 17.0 Å². The largest absolute Gasteiger partial charge is 0.505 e. The summed E-state index contributed by atoms with van der Waals surface area (Å²) in [4.78, 5) is 34.1. The second kappa shape index (κ2) is 10.8. The number of nitrogens with one attached hydrogen (secondary N) is 1. The Bertz CT molecular complexity index is 1130. The van der Waals surface area contributed by atoms with Crippen LogP contribution in [-0.2, 0) is 11.2 Å². The average Bonchev–Trinajstić information content (AvgIpc) is 2.77. The number of aromatic hydroxyl groups is 1. The molecule has 3 rings (SSSR count). The molecule has 2 heterocycles. The average molecular weight is 442 g/mol. The molecule has 3 aromatic rings. The van der Waals surface area contributed by atoms with Crippen molar-refractivity contribution in [2.24, 2.45) is 5.73 Å². The number of carbonyl (C=O) groups excluding carboxylic acids is 1. The van der Waals surface area contributed by atoms with E-state index in [9.17, 15) is 19.1 Å². The number of H-pyrrole nitrogens is 1. The summed E-state index contributed by atoms with van der Waals surface area (Å²) in [5.41, 5.74) is 6.58. The van der Waals surface area contributed by atoms with Gasteiger partial charge in [0.25, 0.3) is 11.5 Å². The van der Waals surface area contributed by atoms with Crippen LogP contribution in [0.3, 0.4) is 0 Å². The highest BCUT2D eigenvalue weighted by Gasteiger charge is 2.25. The first-order valence-corrected chi connectivity index (χ1v) is 10.5. The molecule has 0 saturated heterocycles. The summed E-state index contributed by atoms with van der Waals surface area (Å²) >= 11 is 0. The third-order valence-corrected chi connectivity index (χ3v) is 5.05. The number of fused-ring (bicyclic) bond motifs is 1. The number of pyridine rings is 2. The van der Waals surface area contributed by atoms with Gasteiger partial charge in [0.15, 0.2) is 5.75 Å². The minimum Gasteiger partial charge on any atom is -0.505 e. The molecule has 0 unspecified atom stereocenters. The number of nitrogens with two attached hydrogens (primary N) is 1. The molecule has 0 bridgehead atoms. The SMILES string of the molecule is CCOCCN(CCCN)C(=O)c1c(O)c2ncc(Cc3ccc(F)cc3)cc2[nH]c1=O. The lowest BCUT2D eigenvalue weighted by Crippen LogP contribution is -2.38. The van der Waals surface area contributed by atoms with Gasteiger partial charge >= 0.3 is 0 Å². The van der Waals surface area contributed by atoms with E-state index >= 15 is 0 Å². The second-order valence-corrected chi connectivity index (χ2v) is 7.35. The van der Waals surface area contributed by atoms with E-state index in [0.29, 0.717) is 44.7 Å². The van der Waals surface area contributed by atoms with E-state index in [1.54, 1.807) is 24.4 Å². The van der Waals surface area contributed by atoms with Crippen LogP contribution in [0.5, 0.6) is 5.75 Å². The van der Waals surface area contributed by atoms with Crippen molar-refractivity contribution in [1.29, 1.82) is 0 Å². The Balaban J connectivity index is 1.91. The zero-order valence-corrected chi connectivity index (χ0v) is 17.9. The van der Waals surface area contributed by atoms with E-state index in [2.05, 4.69) is 9.97 Å². The molecule has 1 amide bonds. The maximum atomic E-state index is 13.1. The molecule has 0 aliphatic carbocycles. The molecule has 1 aromatic carbocycles. The summed E-state index contributed by atoms with van der Waals surface area (Å²) in [5, 5.41) is 10.7. The molecule has 0 radical (unpaired) electrons. The maximum absolute atomic E-state index is 13.1. The number of ether oxygens (including phenoxy) is 1. The second-order valence-electron chi connectivity index (χ2n) is 7.35. The van der Waals surface area contributed by atoms with E-state index in [4.69, 9.17) is 10.5 Å². The van der Waals surface area contributed by atoms with E-state index < -0.39 is 17.2 Å². The number of carbonyl (C=O) groups is 1. The van der Waals surface area contributed by atoms with Crippen LogP contribution in [0.1, 0.15) is 34.8 Å². The minimum atomic E-state index is -0.699. The number of hydrogen-bond donors (Lipinski definition) is 3. The Morgan fingerprint density at radius 1 is 1.25 bits per heavy atom. The lowest BCUT2D eigenvalue weighted by molar-refractivity contribution is 0.0652. The van der Waals surface area contributed by atoms with Gasteiger partial charge in [-0.05, 0) is 55.6 Å². The fourth-order valence-corrected chi connectivity index (χ4v) is 3.41. The number of aromatic nitrogens is 2. The topological polar surface area (TPSA) is 122 Å². The Hall–Kier alpha value is -3.30. The van der Waals surface area contributed by atoms with Crippen molar-refractivity contribution in [1.82, 2.24) is 14.9 Å². The number of benzene rings is 1. The molecule has 0 fully saturated rings. The standard InChI is InChI=1S/C23H27FN4O4/c1-2-32-11-10-28(9-3-8-25)23(31)19-21(29)20-18(27-22(19)30)13-16(14-26-20)12-15-4-6-17(24)7-5-15/h4-7,13-14H,2-3,8-12,25H2,1H3,(H2,27,29,30). The number of rotatable bonds is 10. The zero-order valence-electron chi connectivity index (χ0n) is 17.9. The van der Waals surface area contributed by atoms with Crippen LogP contribution in [-0.4, -0.2) is 58.7 Å². The van der Waals surface area contributed by atoms with Crippen molar-refractivity contribution in [3.63, 3.8) is 0 Å². The third-order valence-electron chi connectivity index (χ3n) is 5.05. The van der Waals surface area contributed by atoms with Crippen molar-refractivity contribution >= 4 is 16.9 Å². The van der Waals surface area contributed by atoms with Crippen molar-refractivity contribution in [2.75, 3.05) is 32.8 Å². The summed E-state index contributed by atoms with van der Waals surface area (Å²) in [6, 6.07) is 7.76. The van der Waals surface area contributed by atoms with Gasteiger partial charge in [-0.3, -0.25) is 14.6 Å². The molecule has 8 nitrogen and oxygen atoms in total. The quantitative estimate of drug-likeness (QED) is 0.414. The van der Waals surface area contributed by atoms with Crippen molar-refractivity contribution < 1.29 is 19.0 Å². The van der Waals surface area contributed by atoms with Gasteiger partial charge in [-0.15, -0.1) is 0 Å². The van der Waals surface area contributed by atoms with Crippen LogP contribution in [0.4, 0.5) is 4.39 Å². The van der Waals surface area contributed by atoms with Gasteiger partial charge in [0, 0.05) is 25.9 Å². The highest BCUT2D eigenvalue weighted by Crippen LogP contribution is 2.25.